The van der Waals surface area contributed by atoms with E-state index in [2.05, 4.69) is 17.1 Å². The van der Waals surface area contributed by atoms with Crippen LogP contribution >= 0.6 is 0 Å². The zero-order valence-corrected chi connectivity index (χ0v) is 13.8. The summed E-state index contributed by atoms with van der Waals surface area (Å²) in [5, 5.41) is 7.81. The first kappa shape index (κ1) is 14.9. The normalized spacial score (nSPS) is 15.3. The van der Waals surface area contributed by atoms with E-state index in [-0.39, 0.29) is 11.2 Å². The maximum Gasteiger partial charge on any atom is 0.128 e. The number of nitrogens with one attached hydrogen (secondary N) is 1. The summed E-state index contributed by atoms with van der Waals surface area (Å²) in [4.78, 5) is 0. The second kappa shape index (κ2) is 5.48. The van der Waals surface area contributed by atoms with Gasteiger partial charge in [0.1, 0.15) is 11.6 Å². The van der Waals surface area contributed by atoms with Crippen LogP contribution in [0.25, 0.3) is 11.3 Å². The molecule has 0 bridgehead atoms. The van der Waals surface area contributed by atoms with Crippen molar-refractivity contribution in [1.29, 1.82) is 0 Å². The van der Waals surface area contributed by atoms with Crippen molar-refractivity contribution in [3.05, 3.63) is 71.2 Å². The van der Waals surface area contributed by atoms with Crippen molar-refractivity contribution in [3.63, 3.8) is 0 Å². The van der Waals surface area contributed by atoms with Crippen molar-refractivity contribution < 1.29 is 9.13 Å². The van der Waals surface area contributed by atoms with Gasteiger partial charge in [-0.05, 0) is 55.2 Å². The Morgan fingerprint density at radius 2 is 1.79 bits per heavy atom. The summed E-state index contributed by atoms with van der Waals surface area (Å²) in [6.45, 7) is 2.09. The number of nitrogens with zero attached hydrogens (tertiary/aromatic N) is 1. The highest BCUT2D eigenvalue weighted by Gasteiger charge is 2.48. The van der Waals surface area contributed by atoms with Crippen molar-refractivity contribution in [3.8, 4) is 17.0 Å². The lowest BCUT2D eigenvalue weighted by Crippen LogP contribution is -2.10. The molecule has 3 nitrogen and oxygen atoms in total. The SMILES string of the molecule is COc1ccccc1-c1n[nH]c(C2(c3ccc(F)cc3)CC2)c1C. The summed E-state index contributed by atoms with van der Waals surface area (Å²) in [6, 6.07) is 14.7. The first-order chi connectivity index (χ1) is 11.7. The number of methoxy groups -OCH3 is 1. The van der Waals surface area contributed by atoms with E-state index in [1.807, 2.05) is 36.4 Å². The average molecular weight is 322 g/mol. The van der Waals surface area contributed by atoms with Crippen LogP contribution in [-0.2, 0) is 5.41 Å². The molecule has 0 atom stereocenters. The van der Waals surface area contributed by atoms with Crippen LogP contribution in [-0.4, -0.2) is 17.3 Å². The molecule has 1 heterocycles. The van der Waals surface area contributed by atoms with E-state index in [0.717, 1.165) is 46.7 Å². The van der Waals surface area contributed by atoms with E-state index in [9.17, 15) is 4.39 Å². The number of hydrogen-bond donors (Lipinski definition) is 1. The van der Waals surface area contributed by atoms with Crippen molar-refractivity contribution in [1.82, 2.24) is 10.2 Å². The van der Waals surface area contributed by atoms with Gasteiger partial charge in [0.2, 0.25) is 0 Å². The Morgan fingerprint density at radius 1 is 1.08 bits per heavy atom. The summed E-state index contributed by atoms with van der Waals surface area (Å²) >= 11 is 0. The molecular weight excluding hydrogens is 303 g/mol. The minimum absolute atomic E-state index is 0.0644. The standard InChI is InChI=1S/C20H19FN2O/c1-13-18(16-5-3-4-6-17(16)24-2)22-23-19(13)20(11-12-20)14-7-9-15(21)10-8-14/h3-10H,11-12H2,1-2H3,(H,22,23). The van der Waals surface area contributed by atoms with E-state index in [1.54, 1.807) is 7.11 Å². The Balaban J connectivity index is 1.79. The summed E-state index contributed by atoms with van der Waals surface area (Å²) in [5.41, 5.74) is 5.22. The van der Waals surface area contributed by atoms with Crippen LogP contribution < -0.4 is 4.74 Å². The number of benzene rings is 2. The van der Waals surface area contributed by atoms with E-state index in [1.165, 1.54) is 12.1 Å². The quantitative estimate of drug-likeness (QED) is 0.761. The molecule has 2 aromatic carbocycles. The third-order valence-electron chi connectivity index (χ3n) is 5.00. The highest BCUT2D eigenvalue weighted by Crippen LogP contribution is 2.54. The second-order valence-corrected chi connectivity index (χ2v) is 6.36. The molecule has 0 aliphatic heterocycles. The molecule has 4 heteroatoms. The first-order valence-electron chi connectivity index (χ1n) is 8.10. The number of ether oxygens (including phenoxy) is 1. The van der Waals surface area contributed by atoms with Gasteiger partial charge in [0.05, 0.1) is 12.8 Å². The molecule has 0 spiro atoms. The fraction of sp³-hybridized carbons (Fsp3) is 0.250. The highest BCUT2D eigenvalue weighted by atomic mass is 19.1. The number of aromatic nitrogens is 2. The average Bonchev–Trinajstić information content (AvgIpc) is 3.32. The minimum atomic E-state index is -0.203. The van der Waals surface area contributed by atoms with Crippen molar-refractivity contribution in [2.24, 2.45) is 0 Å². The number of H-pyrrole nitrogens is 1. The smallest absolute Gasteiger partial charge is 0.128 e. The van der Waals surface area contributed by atoms with E-state index in [0.29, 0.717) is 0 Å². The second-order valence-electron chi connectivity index (χ2n) is 6.36. The molecule has 3 aromatic rings. The topological polar surface area (TPSA) is 37.9 Å². The van der Waals surface area contributed by atoms with Crippen molar-refractivity contribution >= 4 is 0 Å². The number of hydrogen-bond acceptors (Lipinski definition) is 2. The molecule has 24 heavy (non-hydrogen) atoms. The predicted octanol–water partition coefficient (Wildman–Crippen LogP) is 4.61. The van der Waals surface area contributed by atoms with Crippen LogP contribution in [0.4, 0.5) is 4.39 Å². The van der Waals surface area contributed by atoms with Gasteiger partial charge in [0, 0.05) is 16.7 Å². The van der Waals surface area contributed by atoms with Gasteiger partial charge in [0.15, 0.2) is 0 Å². The van der Waals surface area contributed by atoms with Gasteiger partial charge in [-0.1, -0.05) is 24.3 Å². The van der Waals surface area contributed by atoms with Crippen LogP contribution in [0.5, 0.6) is 5.75 Å². The van der Waals surface area contributed by atoms with Crippen LogP contribution in [0.15, 0.2) is 48.5 Å². The molecule has 4 rings (SSSR count). The maximum absolute atomic E-state index is 13.3. The Hall–Kier alpha value is -2.62. The number of halogens is 1. The van der Waals surface area contributed by atoms with Crippen LogP contribution in [0, 0.1) is 12.7 Å². The molecule has 1 fully saturated rings. The summed E-state index contributed by atoms with van der Waals surface area (Å²) in [7, 11) is 1.67. The lowest BCUT2D eigenvalue weighted by Gasteiger charge is -2.15. The first-order valence-corrected chi connectivity index (χ1v) is 8.10. The molecule has 122 valence electrons. The molecule has 0 unspecified atom stereocenters. The summed E-state index contributed by atoms with van der Waals surface area (Å²) in [5.74, 6) is 0.607. The molecule has 1 aliphatic rings. The van der Waals surface area contributed by atoms with Gasteiger partial charge < -0.3 is 4.74 Å². The number of aromatic amines is 1. The summed E-state index contributed by atoms with van der Waals surface area (Å²) in [6.07, 6.45) is 2.10. The Bertz CT molecular complexity index is 879. The Labute approximate surface area is 140 Å². The lowest BCUT2D eigenvalue weighted by atomic mass is 9.89. The zero-order chi connectivity index (χ0) is 16.7. The van der Waals surface area contributed by atoms with Crippen molar-refractivity contribution in [2.45, 2.75) is 25.2 Å². The molecule has 1 aliphatic carbocycles. The zero-order valence-electron chi connectivity index (χ0n) is 13.8. The predicted molar refractivity (Wildman–Crippen MR) is 91.7 cm³/mol. The van der Waals surface area contributed by atoms with Gasteiger partial charge >= 0.3 is 0 Å². The van der Waals surface area contributed by atoms with Gasteiger partial charge in [0.25, 0.3) is 0 Å². The Morgan fingerprint density at radius 3 is 2.46 bits per heavy atom. The van der Waals surface area contributed by atoms with Crippen LogP contribution in [0.1, 0.15) is 29.7 Å². The third-order valence-corrected chi connectivity index (χ3v) is 5.00. The third kappa shape index (κ3) is 2.21. The van der Waals surface area contributed by atoms with E-state index >= 15 is 0 Å². The molecule has 0 amide bonds. The maximum atomic E-state index is 13.3. The molecule has 0 radical (unpaired) electrons. The van der Waals surface area contributed by atoms with Gasteiger partial charge in [-0.25, -0.2) is 4.39 Å². The Kier molecular flexibility index (Phi) is 3.41. The monoisotopic (exact) mass is 322 g/mol. The van der Waals surface area contributed by atoms with Crippen LogP contribution in [0.2, 0.25) is 0 Å². The van der Waals surface area contributed by atoms with Gasteiger partial charge in [-0.15, -0.1) is 0 Å². The fourth-order valence-electron chi connectivity index (χ4n) is 3.54. The largest absolute Gasteiger partial charge is 0.496 e. The van der Waals surface area contributed by atoms with Crippen molar-refractivity contribution in [2.75, 3.05) is 7.11 Å². The fourth-order valence-corrected chi connectivity index (χ4v) is 3.54. The molecule has 1 N–H and O–H groups in total. The van der Waals surface area contributed by atoms with E-state index in [4.69, 9.17) is 4.74 Å². The molecular formula is C20H19FN2O. The molecule has 0 saturated heterocycles. The van der Waals surface area contributed by atoms with Gasteiger partial charge in [-0.3, -0.25) is 5.10 Å². The van der Waals surface area contributed by atoms with E-state index < -0.39 is 0 Å². The highest BCUT2D eigenvalue weighted by molar-refractivity contribution is 5.71. The molecule has 1 aromatic heterocycles. The minimum Gasteiger partial charge on any atom is -0.496 e. The lowest BCUT2D eigenvalue weighted by molar-refractivity contribution is 0.416. The number of para-hydroxylation sites is 1. The summed E-state index contributed by atoms with van der Waals surface area (Å²) < 4.78 is 18.7. The number of rotatable bonds is 4. The molecule has 1 saturated carbocycles. The van der Waals surface area contributed by atoms with Gasteiger partial charge in [-0.2, -0.15) is 5.10 Å². The van der Waals surface area contributed by atoms with Crippen LogP contribution in [0.3, 0.4) is 0 Å².